The standard InChI is InChI=1S/C15H20N2O2/c18-15(17-6-8-19-9-7-17)11-16-14-10-13(14)12-4-2-1-3-5-12/h1-5,13-14,16H,6-11H2. The number of hydrogen-bond donors (Lipinski definition) is 1. The van der Waals surface area contributed by atoms with Crippen molar-refractivity contribution >= 4 is 5.91 Å². The average molecular weight is 260 g/mol. The molecule has 1 heterocycles. The average Bonchev–Trinajstić information content (AvgIpc) is 3.26. The van der Waals surface area contributed by atoms with Gasteiger partial charge in [-0.3, -0.25) is 4.79 Å². The molecule has 1 saturated heterocycles. The van der Waals surface area contributed by atoms with E-state index in [0.717, 1.165) is 19.5 Å². The Balaban J connectivity index is 1.43. The lowest BCUT2D eigenvalue weighted by atomic mass is 10.1. The Labute approximate surface area is 113 Å². The molecule has 19 heavy (non-hydrogen) atoms. The SMILES string of the molecule is O=C(CNC1CC1c1ccccc1)N1CCOCC1. The summed E-state index contributed by atoms with van der Waals surface area (Å²) in [5, 5.41) is 3.37. The summed E-state index contributed by atoms with van der Waals surface area (Å²) in [5.74, 6) is 0.778. The van der Waals surface area contributed by atoms with Gasteiger partial charge in [-0.15, -0.1) is 0 Å². The first-order chi connectivity index (χ1) is 9.34. The maximum absolute atomic E-state index is 12.0. The van der Waals surface area contributed by atoms with Crippen LogP contribution in [0.15, 0.2) is 30.3 Å². The Bertz CT molecular complexity index is 429. The summed E-state index contributed by atoms with van der Waals surface area (Å²) in [7, 11) is 0. The molecule has 3 rings (SSSR count). The van der Waals surface area contributed by atoms with E-state index in [9.17, 15) is 4.79 Å². The van der Waals surface area contributed by atoms with Gasteiger partial charge in [0.05, 0.1) is 19.8 Å². The molecule has 2 aliphatic rings. The Hall–Kier alpha value is -1.39. The molecule has 0 spiro atoms. The molecule has 1 N–H and O–H groups in total. The normalized spacial score (nSPS) is 26.2. The van der Waals surface area contributed by atoms with Crippen molar-refractivity contribution in [2.45, 2.75) is 18.4 Å². The lowest BCUT2D eigenvalue weighted by Crippen LogP contribution is -2.45. The van der Waals surface area contributed by atoms with Crippen molar-refractivity contribution in [2.24, 2.45) is 0 Å². The zero-order valence-electron chi connectivity index (χ0n) is 11.0. The summed E-state index contributed by atoms with van der Waals surface area (Å²) in [4.78, 5) is 13.9. The van der Waals surface area contributed by atoms with Gasteiger partial charge in [0.15, 0.2) is 0 Å². The third kappa shape index (κ3) is 3.14. The van der Waals surface area contributed by atoms with Crippen LogP contribution in [-0.2, 0) is 9.53 Å². The number of carbonyl (C=O) groups excluding carboxylic acids is 1. The predicted molar refractivity (Wildman–Crippen MR) is 73.0 cm³/mol. The van der Waals surface area contributed by atoms with Gasteiger partial charge in [-0.25, -0.2) is 0 Å². The van der Waals surface area contributed by atoms with E-state index in [1.165, 1.54) is 5.56 Å². The van der Waals surface area contributed by atoms with Crippen LogP contribution in [0.1, 0.15) is 17.9 Å². The van der Waals surface area contributed by atoms with Crippen molar-refractivity contribution in [1.82, 2.24) is 10.2 Å². The molecule has 2 unspecified atom stereocenters. The van der Waals surface area contributed by atoms with E-state index in [1.54, 1.807) is 0 Å². The Morgan fingerprint density at radius 2 is 2.00 bits per heavy atom. The monoisotopic (exact) mass is 260 g/mol. The highest BCUT2D eigenvalue weighted by molar-refractivity contribution is 5.78. The quantitative estimate of drug-likeness (QED) is 0.878. The van der Waals surface area contributed by atoms with Crippen molar-refractivity contribution in [3.05, 3.63) is 35.9 Å². The van der Waals surface area contributed by atoms with Crippen molar-refractivity contribution < 1.29 is 9.53 Å². The number of amides is 1. The largest absolute Gasteiger partial charge is 0.378 e. The third-order valence-corrected chi connectivity index (χ3v) is 3.90. The molecule has 1 aromatic rings. The van der Waals surface area contributed by atoms with Crippen LogP contribution >= 0.6 is 0 Å². The smallest absolute Gasteiger partial charge is 0.236 e. The molecule has 4 heteroatoms. The van der Waals surface area contributed by atoms with Gasteiger partial charge < -0.3 is 15.0 Å². The van der Waals surface area contributed by atoms with E-state index in [4.69, 9.17) is 4.74 Å². The van der Waals surface area contributed by atoms with Crippen LogP contribution in [0.3, 0.4) is 0 Å². The van der Waals surface area contributed by atoms with Crippen molar-refractivity contribution in [3.8, 4) is 0 Å². The Morgan fingerprint density at radius 3 is 2.74 bits per heavy atom. The van der Waals surface area contributed by atoms with E-state index < -0.39 is 0 Å². The molecular weight excluding hydrogens is 240 g/mol. The highest BCUT2D eigenvalue weighted by atomic mass is 16.5. The lowest BCUT2D eigenvalue weighted by Gasteiger charge is -2.27. The zero-order chi connectivity index (χ0) is 13.1. The fourth-order valence-corrected chi connectivity index (χ4v) is 2.63. The van der Waals surface area contributed by atoms with Crippen LogP contribution in [-0.4, -0.2) is 49.7 Å². The van der Waals surface area contributed by atoms with Gasteiger partial charge in [-0.2, -0.15) is 0 Å². The van der Waals surface area contributed by atoms with Crippen LogP contribution in [0, 0.1) is 0 Å². The van der Waals surface area contributed by atoms with E-state index in [1.807, 2.05) is 11.0 Å². The van der Waals surface area contributed by atoms with Crippen LogP contribution in [0.4, 0.5) is 0 Å². The van der Waals surface area contributed by atoms with Crippen molar-refractivity contribution in [2.75, 3.05) is 32.8 Å². The molecule has 2 fully saturated rings. The molecule has 2 atom stereocenters. The molecule has 1 aliphatic carbocycles. The van der Waals surface area contributed by atoms with Crippen LogP contribution in [0.2, 0.25) is 0 Å². The Kier molecular flexibility index (Phi) is 3.80. The number of hydrogen-bond acceptors (Lipinski definition) is 3. The maximum Gasteiger partial charge on any atom is 0.236 e. The minimum Gasteiger partial charge on any atom is -0.378 e. The third-order valence-electron chi connectivity index (χ3n) is 3.90. The summed E-state index contributed by atoms with van der Waals surface area (Å²) in [6.45, 7) is 3.25. The fraction of sp³-hybridized carbons (Fsp3) is 0.533. The molecule has 0 bridgehead atoms. The number of ether oxygens (including phenoxy) is 1. The molecule has 1 amide bonds. The van der Waals surface area contributed by atoms with Gasteiger partial charge >= 0.3 is 0 Å². The summed E-state index contributed by atoms with van der Waals surface area (Å²) in [6.07, 6.45) is 1.14. The second kappa shape index (κ2) is 5.72. The van der Waals surface area contributed by atoms with Crippen LogP contribution < -0.4 is 5.32 Å². The van der Waals surface area contributed by atoms with Gasteiger partial charge in [0, 0.05) is 25.0 Å². The molecular formula is C15H20N2O2. The Morgan fingerprint density at radius 1 is 1.26 bits per heavy atom. The van der Waals surface area contributed by atoms with Crippen molar-refractivity contribution in [1.29, 1.82) is 0 Å². The number of benzene rings is 1. The first-order valence-electron chi connectivity index (χ1n) is 6.98. The van der Waals surface area contributed by atoms with Gasteiger partial charge in [-0.05, 0) is 12.0 Å². The summed E-state index contributed by atoms with van der Waals surface area (Å²) >= 11 is 0. The van der Waals surface area contributed by atoms with E-state index in [-0.39, 0.29) is 5.91 Å². The second-order valence-corrected chi connectivity index (χ2v) is 5.23. The first-order valence-corrected chi connectivity index (χ1v) is 6.98. The molecule has 102 valence electrons. The molecule has 1 saturated carbocycles. The van der Waals surface area contributed by atoms with Gasteiger partial charge in [0.1, 0.15) is 0 Å². The lowest BCUT2D eigenvalue weighted by molar-refractivity contribution is -0.134. The number of nitrogens with one attached hydrogen (secondary N) is 1. The molecule has 1 aliphatic heterocycles. The van der Waals surface area contributed by atoms with Crippen LogP contribution in [0.25, 0.3) is 0 Å². The van der Waals surface area contributed by atoms with Gasteiger partial charge in [-0.1, -0.05) is 30.3 Å². The number of morpholine rings is 1. The summed E-state index contributed by atoms with van der Waals surface area (Å²) < 4.78 is 5.25. The topological polar surface area (TPSA) is 41.6 Å². The predicted octanol–water partition coefficient (Wildman–Crippen LogP) is 0.991. The second-order valence-electron chi connectivity index (χ2n) is 5.23. The number of nitrogens with zero attached hydrogens (tertiary/aromatic N) is 1. The van der Waals surface area contributed by atoms with Crippen molar-refractivity contribution in [3.63, 3.8) is 0 Å². The van der Waals surface area contributed by atoms with Gasteiger partial charge in [0.2, 0.25) is 5.91 Å². The van der Waals surface area contributed by atoms with E-state index in [0.29, 0.717) is 31.7 Å². The number of carbonyl (C=O) groups is 1. The first kappa shape index (κ1) is 12.6. The highest BCUT2D eigenvalue weighted by Gasteiger charge is 2.38. The highest BCUT2D eigenvalue weighted by Crippen LogP contribution is 2.40. The summed E-state index contributed by atoms with van der Waals surface area (Å²) in [6, 6.07) is 11.0. The number of rotatable bonds is 4. The minimum absolute atomic E-state index is 0.196. The molecule has 0 radical (unpaired) electrons. The summed E-state index contributed by atoms with van der Waals surface area (Å²) in [5.41, 5.74) is 1.37. The molecule has 0 aromatic heterocycles. The van der Waals surface area contributed by atoms with Crippen LogP contribution in [0.5, 0.6) is 0 Å². The minimum atomic E-state index is 0.196. The molecule has 1 aromatic carbocycles. The maximum atomic E-state index is 12.0. The van der Waals surface area contributed by atoms with E-state index in [2.05, 4.69) is 29.6 Å². The zero-order valence-corrected chi connectivity index (χ0v) is 11.0. The van der Waals surface area contributed by atoms with Gasteiger partial charge in [0.25, 0.3) is 0 Å². The molecule has 4 nitrogen and oxygen atoms in total. The fourth-order valence-electron chi connectivity index (χ4n) is 2.63. The van der Waals surface area contributed by atoms with E-state index >= 15 is 0 Å².